The molecule has 0 saturated heterocycles. The monoisotopic (exact) mass is 362 g/mol. The molecule has 2 amide bonds. The minimum Gasteiger partial charge on any atom is -0.411 e. The molecule has 0 aliphatic heterocycles. The number of likely N-dealkylation sites (N-methyl/N-ethyl adjacent to an activating group) is 1. The van der Waals surface area contributed by atoms with Gasteiger partial charge in [-0.2, -0.15) is 0 Å². The van der Waals surface area contributed by atoms with Crippen LogP contribution in [-0.4, -0.2) is 40.4 Å². The van der Waals surface area contributed by atoms with E-state index in [1.54, 1.807) is 6.92 Å². The van der Waals surface area contributed by atoms with E-state index in [1.165, 1.54) is 5.56 Å². The molecule has 1 aromatic carbocycles. The highest BCUT2D eigenvalue weighted by Crippen LogP contribution is 2.24. The summed E-state index contributed by atoms with van der Waals surface area (Å²) in [6, 6.07) is 5.32. The number of rotatable bonds is 7. The van der Waals surface area contributed by atoms with Crippen LogP contribution in [0.15, 0.2) is 27.8 Å². The number of benzene rings is 1. The number of thioether (sulfide) groups is 1. The summed E-state index contributed by atoms with van der Waals surface area (Å²) in [6.45, 7) is 8.04. The molecule has 0 radical (unpaired) electrons. The van der Waals surface area contributed by atoms with Gasteiger partial charge in [-0.15, -0.1) is 10.2 Å². The van der Waals surface area contributed by atoms with Gasteiger partial charge in [-0.1, -0.05) is 17.8 Å². The Kier molecular flexibility index (Phi) is 6.58. The third kappa shape index (κ3) is 5.32. The number of carbonyl (C=O) groups excluding carboxylic acids is 2. The molecule has 2 N–H and O–H groups in total. The van der Waals surface area contributed by atoms with Gasteiger partial charge in [-0.3, -0.25) is 9.59 Å². The fourth-order valence-electron chi connectivity index (χ4n) is 2.06. The van der Waals surface area contributed by atoms with Gasteiger partial charge < -0.3 is 15.1 Å². The Balaban J connectivity index is 1.90. The molecule has 0 bridgehead atoms. The van der Waals surface area contributed by atoms with Gasteiger partial charge in [0, 0.05) is 12.1 Å². The second-order valence-corrected chi connectivity index (χ2v) is 6.57. The van der Waals surface area contributed by atoms with Crippen LogP contribution in [0.25, 0.3) is 11.5 Å². The molecule has 25 heavy (non-hydrogen) atoms. The Morgan fingerprint density at radius 1 is 1.24 bits per heavy atom. The molecule has 2 aromatic rings. The first kappa shape index (κ1) is 19.0. The summed E-state index contributed by atoms with van der Waals surface area (Å²) in [7, 11) is 0. The van der Waals surface area contributed by atoms with Crippen molar-refractivity contribution in [3.8, 4) is 11.5 Å². The van der Waals surface area contributed by atoms with Crippen molar-refractivity contribution in [1.29, 1.82) is 0 Å². The SMILES string of the molecule is CCNC(=O)[C@@H](C)NC(=O)CSc1nnc(-c2ccc(C)c(C)c2)o1. The number of aromatic nitrogens is 2. The Morgan fingerprint density at radius 2 is 2.00 bits per heavy atom. The highest BCUT2D eigenvalue weighted by Gasteiger charge is 2.16. The Labute approximate surface area is 151 Å². The van der Waals surface area contributed by atoms with Gasteiger partial charge in [0.1, 0.15) is 6.04 Å². The van der Waals surface area contributed by atoms with Crippen LogP contribution in [0.4, 0.5) is 0 Å². The number of hydrogen-bond donors (Lipinski definition) is 2. The fourth-order valence-corrected chi connectivity index (χ4v) is 2.64. The van der Waals surface area contributed by atoms with Gasteiger partial charge in [0.25, 0.3) is 5.22 Å². The first-order valence-electron chi connectivity index (χ1n) is 8.01. The normalized spacial score (nSPS) is 11.8. The zero-order chi connectivity index (χ0) is 18.4. The van der Waals surface area contributed by atoms with Gasteiger partial charge in [-0.25, -0.2) is 0 Å². The number of nitrogens with one attached hydrogen (secondary N) is 2. The maximum Gasteiger partial charge on any atom is 0.277 e. The van der Waals surface area contributed by atoms with E-state index in [0.717, 1.165) is 22.9 Å². The van der Waals surface area contributed by atoms with Gasteiger partial charge in [0.2, 0.25) is 17.7 Å². The Morgan fingerprint density at radius 3 is 2.68 bits per heavy atom. The van der Waals surface area contributed by atoms with E-state index < -0.39 is 6.04 Å². The van der Waals surface area contributed by atoms with E-state index in [4.69, 9.17) is 4.42 Å². The average molecular weight is 362 g/mol. The van der Waals surface area contributed by atoms with E-state index in [0.29, 0.717) is 17.7 Å². The molecule has 0 aliphatic rings. The lowest BCUT2D eigenvalue weighted by Gasteiger charge is -2.12. The minimum absolute atomic E-state index is 0.0955. The van der Waals surface area contributed by atoms with Crippen molar-refractivity contribution in [2.75, 3.05) is 12.3 Å². The highest BCUT2D eigenvalue weighted by atomic mass is 32.2. The molecule has 0 fully saturated rings. The molecule has 1 aromatic heterocycles. The standard InChI is InChI=1S/C17H22N4O3S/c1-5-18-15(23)12(4)19-14(22)9-25-17-21-20-16(24-17)13-7-6-10(2)11(3)8-13/h6-8,12H,5,9H2,1-4H3,(H,18,23)(H,19,22)/t12-/m1/s1. The quantitative estimate of drug-likeness (QED) is 0.732. The third-order valence-electron chi connectivity index (χ3n) is 3.61. The molecule has 8 heteroatoms. The molecule has 0 spiro atoms. The fraction of sp³-hybridized carbons (Fsp3) is 0.412. The van der Waals surface area contributed by atoms with Crippen LogP contribution >= 0.6 is 11.8 Å². The van der Waals surface area contributed by atoms with Crippen LogP contribution in [0.5, 0.6) is 0 Å². The van der Waals surface area contributed by atoms with Crippen LogP contribution < -0.4 is 10.6 Å². The summed E-state index contributed by atoms with van der Waals surface area (Å²) >= 11 is 1.13. The molecule has 0 unspecified atom stereocenters. The van der Waals surface area contributed by atoms with E-state index in [-0.39, 0.29) is 17.6 Å². The van der Waals surface area contributed by atoms with Crippen LogP contribution in [0.2, 0.25) is 0 Å². The predicted octanol–water partition coefficient (Wildman–Crippen LogP) is 2.09. The summed E-state index contributed by atoms with van der Waals surface area (Å²) < 4.78 is 5.59. The number of aryl methyl sites for hydroxylation is 2. The summed E-state index contributed by atoms with van der Waals surface area (Å²) in [5, 5.41) is 13.6. The lowest BCUT2D eigenvalue weighted by Crippen LogP contribution is -2.45. The van der Waals surface area contributed by atoms with Crippen LogP contribution in [0.1, 0.15) is 25.0 Å². The van der Waals surface area contributed by atoms with Gasteiger partial charge in [0.05, 0.1) is 5.75 Å². The highest BCUT2D eigenvalue weighted by molar-refractivity contribution is 7.99. The first-order chi connectivity index (χ1) is 11.9. The lowest BCUT2D eigenvalue weighted by atomic mass is 10.1. The summed E-state index contributed by atoms with van der Waals surface area (Å²) in [6.07, 6.45) is 0. The predicted molar refractivity (Wildman–Crippen MR) is 96.2 cm³/mol. The van der Waals surface area contributed by atoms with Crippen molar-refractivity contribution in [2.45, 2.75) is 39.0 Å². The maximum atomic E-state index is 11.9. The van der Waals surface area contributed by atoms with E-state index >= 15 is 0 Å². The molecule has 0 saturated carbocycles. The zero-order valence-electron chi connectivity index (χ0n) is 14.8. The van der Waals surface area contributed by atoms with Crippen molar-refractivity contribution >= 4 is 23.6 Å². The van der Waals surface area contributed by atoms with Crippen molar-refractivity contribution in [3.63, 3.8) is 0 Å². The molecule has 2 rings (SSSR count). The summed E-state index contributed by atoms with van der Waals surface area (Å²) in [5.74, 6) is 0.0326. The van der Waals surface area contributed by atoms with Crippen molar-refractivity contribution in [3.05, 3.63) is 29.3 Å². The number of nitrogens with zero attached hydrogens (tertiary/aromatic N) is 2. The van der Waals surface area contributed by atoms with E-state index in [2.05, 4.69) is 20.8 Å². The lowest BCUT2D eigenvalue weighted by molar-refractivity contribution is -0.127. The summed E-state index contributed by atoms with van der Waals surface area (Å²) in [4.78, 5) is 23.5. The van der Waals surface area contributed by atoms with Crippen molar-refractivity contribution < 1.29 is 14.0 Å². The van der Waals surface area contributed by atoms with Crippen molar-refractivity contribution in [2.24, 2.45) is 0 Å². The Bertz CT molecular complexity index is 760. The molecular weight excluding hydrogens is 340 g/mol. The second kappa shape index (κ2) is 8.66. The molecule has 1 atom stereocenters. The molecular formula is C17H22N4O3S. The molecule has 134 valence electrons. The van der Waals surface area contributed by atoms with Gasteiger partial charge in [0.15, 0.2) is 0 Å². The third-order valence-corrected chi connectivity index (χ3v) is 4.43. The van der Waals surface area contributed by atoms with E-state index in [1.807, 2.05) is 39.0 Å². The first-order valence-corrected chi connectivity index (χ1v) is 9.00. The van der Waals surface area contributed by atoms with Gasteiger partial charge >= 0.3 is 0 Å². The van der Waals surface area contributed by atoms with Crippen molar-refractivity contribution in [1.82, 2.24) is 20.8 Å². The molecule has 1 heterocycles. The number of amides is 2. The van der Waals surface area contributed by atoms with Crippen LogP contribution in [-0.2, 0) is 9.59 Å². The average Bonchev–Trinajstić information content (AvgIpc) is 3.04. The van der Waals surface area contributed by atoms with Crippen LogP contribution in [0, 0.1) is 13.8 Å². The van der Waals surface area contributed by atoms with Gasteiger partial charge in [-0.05, 0) is 51.0 Å². The molecule has 7 nitrogen and oxygen atoms in total. The zero-order valence-corrected chi connectivity index (χ0v) is 15.6. The number of carbonyl (C=O) groups is 2. The molecule has 0 aliphatic carbocycles. The Hall–Kier alpha value is -2.35. The largest absolute Gasteiger partial charge is 0.411 e. The topological polar surface area (TPSA) is 97.1 Å². The smallest absolute Gasteiger partial charge is 0.277 e. The maximum absolute atomic E-state index is 11.9. The van der Waals surface area contributed by atoms with E-state index in [9.17, 15) is 9.59 Å². The second-order valence-electron chi connectivity index (χ2n) is 5.64. The van der Waals surface area contributed by atoms with Crippen LogP contribution in [0.3, 0.4) is 0 Å². The number of hydrogen-bond acceptors (Lipinski definition) is 6. The summed E-state index contributed by atoms with van der Waals surface area (Å²) in [5.41, 5.74) is 3.18. The minimum atomic E-state index is -0.582.